The van der Waals surface area contributed by atoms with Gasteiger partial charge in [-0.3, -0.25) is 0 Å². The van der Waals surface area contributed by atoms with E-state index in [2.05, 4.69) is 20.6 Å². The van der Waals surface area contributed by atoms with E-state index in [9.17, 15) is 0 Å². The lowest BCUT2D eigenvalue weighted by molar-refractivity contribution is 0.231. The van der Waals surface area contributed by atoms with E-state index < -0.39 is 0 Å². The van der Waals surface area contributed by atoms with Crippen LogP contribution in [0.3, 0.4) is 0 Å². The third-order valence-electron chi connectivity index (χ3n) is 1.59. The Labute approximate surface area is 94.5 Å². The first kappa shape index (κ1) is 13.1. The molecule has 0 radical (unpaired) electrons. The highest BCUT2D eigenvalue weighted by atomic mass is 35.5. The Balaban J connectivity index is 0.000000845. The fourth-order valence-electron chi connectivity index (χ4n) is 0.994. The second-order valence-electron chi connectivity index (χ2n) is 2.54. The standard InChI is InChI=1S/C6H10N6.2ClH/c1-3-7-11(5-1)9-10-12-6-2-4-8-12;;/h3-4H,1-2,5-6H2;2*1H. The van der Waals surface area contributed by atoms with E-state index in [1.807, 2.05) is 12.4 Å². The molecule has 0 saturated carbocycles. The first-order valence-electron chi connectivity index (χ1n) is 3.97. The summed E-state index contributed by atoms with van der Waals surface area (Å²) in [7, 11) is 0. The van der Waals surface area contributed by atoms with Gasteiger partial charge in [0.15, 0.2) is 0 Å². The van der Waals surface area contributed by atoms with Crippen molar-refractivity contribution in [3.8, 4) is 0 Å². The Morgan fingerprint density at radius 1 is 0.857 bits per heavy atom. The summed E-state index contributed by atoms with van der Waals surface area (Å²) in [6.07, 6.45) is 5.54. The van der Waals surface area contributed by atoms with Crippen LogP contribution in [0.25, 0.3) is 0 Å². The minimum atomic E-state index is 0. The van der Waals surface area contributed by atoms with Gasteiger partial charge in [-0.25, -0.2) is 0 Å². The van der Waals surface area contributed by atoms with E-state index in [0.29, 0.717) is 0 Å². The van der Waals surface area contributed by atoms with E-state index in [-0.39, 0.29) is 24.8 Å². The van der Waals surface area contributed by atoms with E-state index >= 15 is 0 Å². The Bertz CT molecular complexity index is 216. The molecule has 2 rings (SSSR count). The number of nitrogens with zero attached hydrogens (tertiary/aromatic N) is 6. The Kier molecular flexibility index (Phi) is 6.14. The van der Waals surface area contributed by atoms with Gasteiger partial charge in [0.05, 0.1) is 13.1 Å². The van der Waals surface area contributed by atoms with Crippen LogP contribution in [0.2, 0.25) is 0 Å². The van der Waals surface area contributed by atoms with Crippen molar-refractivity contribution in [3.05, 3.63) is 0 Å². The van der Waals surface area contributed by atoms with Gasteiger partial charge in [-0.2, -0.15) is 20.4 Å². The highest BCUT2D eigenvalue weighted by Gasteiger charge is 2.06. The molecule has 0 saturated heterocycles. The second-order valence-corrected chi connectivity index (χ2v) is 2.54. The number of halogens is 2. The molecule has 2 aliphatic heterocycles. The molecule has 0 unspecified atom stereocenters. The summed E-state index contributed by atoms with van der Waals surface area (Å²) in [6.45, 7) is 1.64. The van der Waals surface area contributed by atoms with Gasteiger partial charge in [0.1, 0.15) is 0 Å². The lowest BCUT2D eigenvalue weighted by Gasteiger charge is -2.06. The summed E-state index contributed by atoms with van der Waals surface area (Å²) < 4.78 is 0. The predicted molar refractivity (Wildman–Crippen MR) is 59.0 cm³/mol. The Hall–Kier alpha value is -0.880. The normalized spacial score (nSPS) is 18.9. The van der Waals surface area contributed by atoms with Crippen molar-refractivity contribution in [1.82, 2.24) is 10.2 Å². The van der Waals surface area contributed by atoms with Crippen LogP contribution in [0.1, 0.15) is 12.8 Å². The third kappa shape index (κ3) is 3.47. The van der Waals surface area contributed by atoms with Crippen LogP contribution < -0.4 is 0 Å². The van der Waals surface area contributed by atoms with Gasteiger partial charge in [-0.15, -0.1) is 24.8 Å². The lowest BCUT2D eigenvalue weighted by Crippen LogP contribution is -2.09. The first-order valence-corrected chi connectivity index (χ1v) is 3.97. The average molecular weight is 239 g/mol. The van der Waals surface area contributed by atoms with Gasteiger partial charge in [-0.1, -0.05) is 0 Å². The molecule has 0 amide bonds. The SMILES string of the molecule is C1=NN(N=NN2CCC=N2)CC1.Cl.Cl. The molecule has 0 N–H and O–H groups in total. The molecule has 14 heavy (non-hydrogen) atoms. The topological polar surface area (TPSA) is 55.9 Å². The molecule has 0 atom stereocenters. The maximum atomic E-state index is 3.97. The van der Waals surface area contributed by atoms with Crippen molar-refractivity contribution >= 4 is 37.2 Å². The zero-order chi connectivity index (χ0) is 8.23. The molecule has 2 aliphatic rings. The summed E-state index contributed by atoms with van der Waals surface area (Å²) in [5.41, 5.74) is 0. The fourth-order valence-corrected chi connectivity index (χ4v) is 0.994. The minimum Gasteiger partial charge on any atom is -0.167 e. The number of rotatable bonds is 2. The molecule has 80 valence electrons. The Morgan fingerprint density at radius 3 is 1.57 bits per heavy atom. The van der Waals surface area contributed by atoms with Crippen molar-refractivity contribution in [2.45, 2.75) is 12.8 Å². The summed E-state index contributed by atoms with van der Waals surface area (Å²) in [5, 5.41) is 18.8. The van der Waals surface area contributed by atoms with Crippen LogP contribution in [0, 0.1) is 0 Å². The van der Waals surface area contributed by atoms with Crippen molar-refractivity contribution in [2.75, 3.05) is 13.1 Å². The van der Waals surface area contributed by atoms with E-state index in [1.165, 1.54) is 0 Å². The molecular formula is C6H12Cl2N6. The molecule has 0 fully saturated rings. The fraction of sp³-hybridized carbons (Fsp3) is 0.667. The molecule has 0 aliphatic carbocycles. The van der Waals surface area contributed by atoms with Gasteiger partial charge in [-0.05, 0) is 10.4 Å². The van der Waals surface area contributed by atoms with Gasteiger partial charge in [0.2, 0.25) is 0 Å². The number of hydrogen-bond donors (Lipinski definition) is 0. The molecular weight excluding hydrogens is 227 g/mol. The molecule has 2 heterocycles. The third-order valence-corrected chi connectivity index (χ3v) is 1.59. The number of hydrogen-bond acceptors (Lipinski definition) is 4. The van der Waals surface area contributed by atoms with Crippen molar-refractivity contribution < 1.29 is 0 Å². The summed E-state index contributed by atoms with van der Waals surface area (Å²) in [6, 6.07) is 0. The van der Waals surface area contributed by atoms with Crippen molar-refractivity contribution in [3.63, 3.8) is 0 Å². The molecule has 0 aromatic heterocycles. The zero-order valence-corrected chi connectivity index (χ0v) is 9.12. The second kappa shape index (κ2) is 6.56. The van der Waals surface area contributed by atoms with E-state index in [0.717, 1.165) is 25.9 Å². The van der Waals surface area contributed by atoms with Gasteiger partial charge < -0.3 is 0 Å². The molecule has 0 aromatic rings. The van der Waals surface area contributed by atoms with Crippen LogP contribution >= 0.6 is 24.8 Å². The lowest BCUT2D eigenvalue weighted by atomic mass is 10.5. The maximum Gasteiger partial charge on any atom is 0.0675 e. The Morgan fingerprint density at radius 2 is 1.29 bits per heavy atom. The molecule has 0 bridgehead atoms. The summed E-state index contributed by atoms with van der Waals surface area (Å²) >= 11 is 0. The summed E-state index contributed by atoms with van der Waals surface area (Å²) in [4.78, 5) is 0. The van der Waals surface area contributed by atoms with Crippen LogP contribution in [0.4, 0.5) is 0 Å². The smallest absolute Gasteiger partial charge is 0.0675 e. The van der Waals surface area contributed by atoms with Crippen LogP contribution in [-0.4, -0.2) is 35.8 Å². The highest BCUT2D eigenvalue weighted by molar-refractivity contribution is 5.85. The number of hydrazone groups is 2. The zero-order valence-electron chi connectivity index (χ0n) is 7.48. The molecule has 6 nitrogen and oxygen atoms in total. The van der Waals surface area contributed by atoms with E-state index in [1.54, 1.807) is 10.2 Å². The monoisotopic (exact) mass is 238 g/mol. The van der Waals surface area contributed by atoms with Crippen LogP contribution in [0.5, 0.6) is 0 Å². The first-order chi connectivity index (χ1) is 5.95. The molecule has 8 heteroatoms. The van der Waals surface area contributed by atoms with Gasteiger partial charge >= 0.3 is 0 Å². The quantitative estimate of drug-likeness (QED) is 0.685. The highest BCUT2D eigenvalue weighted by Crippen LogP contribution is 2.04. The molecule has 0 spiro atoms. The molecule has 0 aromatic carbocycles. The van der Waals surface area contributed by atoms with Crippen LogP contribution in [0.15, 0.2) is 20.6 Å². The summed E-state index contributed by atoms with van der Waals surface area (Å²) in [5.74, 6) is 0. The van der Waals surface area contributed by atoms with Gasteiger partial charge in [0.25, 0.3) is 0 Å². The van der Waals surface area contributed by atoms with Crippen molar-refractivity contribution in [2.24, 2.45) is 20.6 Å². The van der Waals surface area contributed by atoms with Gasteiger partial charge in [0, 0.05) is 25.3 Å². The minimum absolute atomic E-state index is 0. The predicted octanol–water partition coefficient (Wildman–Crippen LogP) is 1.50. The van der Waals surface area contributed by atoms with Crippen molar-refractivity contribution in [1.29, 1.82) is 0 Å². The van der Waals surface area contributed by atoms with Crippen LogP contribution in [-0.2, 0) is 0 Å². The maximum absolute atomic E-state index is 3.97. The van der Waals surface area contributed by atoms with E-state index in [4.69, 9.17) is 0 Å². The largest absolute Gasteiger partial charge is 0.167 e. The average Bonchev–Trinajstić information content (AvgIpc) is 2.74.